The zero-order chi connectivity index (χ0) is 27.2. The minimum absolute atomic E-state index is 0.517. The number of nitrogens with one attached hydrogen (secondary N) is 3. The molecule has 0 amide bonds. The molecule has 7 nitrogen and oxygen atoms in total. The third-order valence-electron chi connectivity index (χ3n) is 7.72. The SMILES string of the molecule is C/C(C#N)=C1\c2ccccc2-c2ccc(-c3ccc(NC4=C5NCN(C)C5=NCN4)c(-c4cccnc4)c3)cc21. The van der Waals surface area contributed by atoms with Crippen molar-refractivity contribution in [2.45, 2.75) is 6.92 Å². The molecule has 1 aliphatic carbocycles. The fraction of sp³-hybridized carbons (Fsp3) is 0.121. The number of amidine groups is 1. The number of fused-ring (bicyclic) bond motifs is 4. The molecule has 0 radical (unpaired) electrons. The molecule has 0 spiro atoms. The van der Waals surface area contributed by atoms with Gasteiger partial charge in [0.25, 0.3) is 0 Å². The maximum absolute atomic E-state index is 9.79. The molecule has 3 aromatic carbocycles. The minimum Gasteiger partial charge on any atom is -0.362 e. The number of hydrogen-bond donors (Lipinski definition) is 3. The molecule has 194 valence electrons. The molecule has 3 heterocycles. The Morgan fingerprint density at radius 3 is 2.45 bits per heavy atom. The van der Waals surface area contributed by atoms with Gasteiger partial charge < -0.3 is 20.9 Å². The summed E-state index contributed by atoms with van der Waals surface area (Å²) >= 11 is 0. The molecule has 7 heteroatoms. The predicted molar refractivity (Wildman–Crippen MR) is 160 cm³/mol. The lowest BCUT2D eigenvalue weighted by Crippen LogP contribution is -2.33. The second-order valence-corrected chi connectivity index (χ2v) is 10.1. The molecule has 3 aliphatic rings. The zero-order valence-corrected chi connectivity index (χ0v) is 22.3. The topological polar surface area (TPSA) is 88.4 Å². The molecule has 7 rings (SSSR count). The number of aromatic nitrogens is 1. The van der Waals surface area contributed by atoms with Crippen LogP contribution < -0.4 is 16.0 Å². The number of likely N-dealkylation sites (N-methyl/N-ethyl adjacent to an activating group) is 1. The van der Waals surface area contributed by atoms with Crippen LogP contribution in [0.15, 0.2) is 107 Å². The Hall–Kier alpha value is -5.35. The first-order valence-electron chi connectivity index (χ1n) is 13.3. The third kappa shape index (κ3) is 3.81. The number of aliphatic imine (C=N–C) groups is 1. The molecule has 1 aromatic heterocycles. The first kappa shape index (κ1) is 23.7. The number of benzene rings is 3. The van der Waals surface area contributed by atoms with Gasteiger partial charge in [0.1, 0.15) is 18.2 Å². The zero-order valence-electron chi connectivity index (χ0n) is 22.3. The fourth-order valence-electron chi connectivity index (χ4n) is 5.77. The van der Waals surface area contributed by atoms with E-state index >= 15 is 0 Å². The summed E-state index contributed by atoms with van der Waals surface area (Å²) in [5, 5.41) is 20.2. The Labute approximate surface area is 233 Å². The lowest BCUT2D eigenvalue weighted by Gasteiger charge is -2.22. The lowest BCUT2D eigenvalue weighted by atomic mass is 9.93. The second kappa shape index (κ2) is 9.44. The van der Waals surface area contributed by atoms with Gasteiger partial charge in [-0.15, -0.1) is 0 Å². The molecule has 0 unspecified atom stereocenters. The van der Waals surface area contributed by atoms with Crippen LogP contribution in [0.5, 0.6) is 0 Å². The Morgan fingerprint density at radius 1 is 0.875 bits per heavy atom. The van der Waals surface area contributed by atoms with Crippen LogP contribution in [-0.2, 0) is 0 Å². The van der Waals surface area contributed by atoms with E-state index in [9.17, 15) is 5.26 Å². The van der Waals surface area contributed by atoms with E-state index in [1.807, 2.05) is 32.3 Å². The highest BCUT2D eigenvalue weighted by atomic mass is 15.4. The summed E-state index contributed by atoms with van der Waals surface area (Å²) in [5.41, 5.74) is 12.5. The number of rotatable bonds is 4. The van der Waals surface area contributed by atoms with Crippen LogP contribution in [0, 0.1) is 11.3 Å². The average Bonchev–Trinajstić information content (AvgIpc) is 3.55. The molecular weight excluding hydrogens is 494 g/mol. The minimum atomic E-state index is 0.517. The first-order chi connectivity index (χ1) is 19.6. The van der Waals surface area contributed by atoms with Gasteiger partial charge in [0, 0.05) is 47.4 Å². The molecule has 3 N–H and O–H groups in total. The molecule has 2 aliphatic heterocycles. The van der Waals surface area contributed by atoms with E-state index in [1.54, 1.807) is 6.20 Å². The van der Waals surface area contributed by atoms with Crippen molar-refractivity contribution in [2.75, 3.05) is 25.7 Å². The quantitative estimate of drug-likeness (QED) is 0.260. The average molecular weight is 522 g/mol. The Morgan fingerprint density at radius 2 is 1.65 bits per heavy atom. The molecule has 0 saturated carbocycles. The van der Waals surface area contributed by atoms with E-state index < -0.39 is 0 Å². The van der Waals surface area contributed by atoms with E-state index in [2.05, 4.69) is 97.6 Å². The highest BCUT2D eigenvalue weighted by Crippen LogP contribution is 2.47. The summed E-state index contributed by atoms with van der Waals surface area (Å²) < 4.78 is 0. The monoisotopic (exact) mass is 521 g/mol. The van der Waals surface area contributed by atoms with Crippen LogP contribution in [0.2, 0.25) is 0 Å². The summed E-state index contributed by atoms with van der Waals surface area (Å²) in [6, 6.07) is 27.8. The van der Waals surface area contributed by atoms with Gasteiger partial charge in [-0.05, 0) is 64.6 Å². The van der Waals surface area contributed by atoms with Crippen molar-refractivity contribution >= 4 is 17.1 Å². The normalized spacial score (nSPS) is 16.2. The van der Waals surface area contributed by atoms with Gasteiger partial charge in [-0.2, -0.15) is 5.26 Å². The molecule has 0 bridgehead atoms. The number of nitrogens with zero attached hydrogens (tertiary/aromatic N) is 4. The number of nitriles is 1. The smallest absolute Gasteiger partial charge is 0.154 e. The number of allylic oxidation sites excluding steroid dienone is 1. The van der Waals surface area contributed by atoms with Gasteiger partial charge in [0.2, 0.25) is 0 Å². The Balaban J connectivity index is 1.33. The number of anilines is 1. The summed E-state index contributed by atoms with van der Waals surface area (Å²) in [5.74, 6) is 1.86. The van der Waals surface area contributed by atoms with E-state index in [4.69, 9.17) is 0 Å². The summed E-state index contributed by atoms with van der Waals surface area (Å²) in [4.78, 5) is 11.1. The highest BCUT2D eigenvalue weighted by molar-refractivity contribution is 6.04. The van der Waals surface area contributed by atoms with Gasteiger partial charge in [0.05, 0.1) is 12.7 Å². The summed E-state index contributed by atoms with van der Waals surface area (Å²) in [6.07, 6.45) is 3.68. The van der Waals surface area contributed by atoms with Gasteiger partial charge in [0.15, 0.2) is 5.84 Å². The summed E-state index contributed by atoms with van der Waals surface area (Å²) in [7, 11) is 2.03. The maximum atomic E-state index is 9.79. The molecule has 40 heavy (non-hydrogen) atoms. The number of pyridine rings is 1. The van der Waals surface area contributed by atoms with Crippen molar-refractivity contribution in [1.29, 1.82) is 5.26 Å². The van der Waals surface area contributed by atoms with Gasteiger partial charge in [-0.3, -0.25) is 4.98 Å². The Bertz CT molecular complexity index is 1810. The van der Waals surface area contributed by atoms with Gasteiger partial charge in [-0.25, -0.2) is 4.99 Å². The van der Waals surface area contributed by atoms with Crippen LogP contribution in [0.3, 0.4) is 0 Å². The second-order valence-electron chi connectivity index (χ2n) is 10.1. The van der Waals surface area contributed by atoms with Crippen molar-refractivity contribution in [3.63, 3.8) is 0 Å². The van der Waals surface area contributed by atoms with Crippen LogP contribution in [0.25, 0.3) is 39.0 Å². The third-order valence-corrected chi connectivity index (χ3v) is 7.72. The van der Waals surface area contributed by atoms with Crippen LogP contribution in [0.4, 0.5) is 5.69 Å². The van der Waals surface area contributed by atoms with Crippen molar-refractivity contribution in [3.8, 4) is 39.4 Å². The first-order valence-corrected chi connectivity index (χ1v) is 13.3. The van der Waals surface area contributed by atoms with E-state index in [-0.39, 0.29) is 0 Å². The number of hydrogen-bond acceptors (Lipinski definition) is 7. The highest BCUT2D eigenvalue weighted by Gasteiger charge is 2.28. The molecule has 1 fully saturated rings. The van der Waals surface area contributed by atoms with Crippen molar-refractivity contribution in [3.05, 3.63) is 113 Å². The molecule has 1 saturated heterocycles. The molecule has 0 atom stereocenters. The fourth-order valence-corrected chi connectivity index (χ4v) is 5.77. The van der Waals surface area contributed by atoms with Crippen molar-refractivity contribution < 1.29 is 0 Å². The molecular formula is C33H27N7. The largest absolute Gasteiger partial charge is 0.362 e. The standard InChI is InChI=1S/C33H27N7/c1-20(16-34)30-26-8-4-3-7-24(26)25-11-9-21(15-28(25)30)22-10-12-29(27(14-22)23-6-5-13-35-17-23)39-32-31-33(37-18-36-32)40(2)19-38-31/h3-15,17,36,38-39H,18-19H2,1-2H3/b30-20-. The van der Waals surface area contributed by atoms with E-state index in [0.29, 0.717) is 6.67 Å². The van der Waals surface area contributed by atoms with E-state index in [1.165, 1.54) is 5.56 Å². The van der Waals surface area contributed by atoms with Crippen LogP contribution in [-0.4, -0.2) is 36.1 Å². The molecule has 4 aromatic rings. The van der Waals surface area contributed by atoms with E-state index in [0.717, 1.165) is 79.8 Å². The summed E-state index contributed by atoms with van der Waals surface area (Å²) in [6.45, 7) is 3.14. The maximum Gasteiger partial charge on any atom is 0.154 e. The Kier molecular flexibility index (Phi) is 5.60. The predicted octanol–water partition coefficient (Wildman–Crippen LogP) is 5.77. The van der Waals surface area contributed by atoms with Gasteiger partial charge >= 0.3 is 0 Å². The van der Waals surface area contributed by atoms with Crippen LogP contribution >= 0.6 is 0 Å². The van der Waals surface area contributed by atoms with Crippen molar-refractivity contribution in [1.82, 2.24) is 20.5 Å². The van der Waals surface area contributed by atoms with Crippen LogP contribution in [0.1, 0.15) is 18.1 Å². The lowest BCUT2D eigenvalue weighted by molar-refractivity contribution is 0.523. The van der Waals surface area contributed by atoms with Gasteiger partial charge in [-0.1, -0.05) is 48.5 Å². The van der Waals surface area contributed by atoms with Crippen molar-refractivity contribution in [2.24, 2.45) is 4.99 Å².